The topological polar surface area (TPSA) is 391 Å². The summed E-state index contributed by atoms with van der Waals surface area (Å²) in [4.78, 5) is 147. The summed E-state index contributed by atoms with van der Waals surface area (Å²) in [6.07, 6.45) is -1.24. The summed E-state index contributed by atoms with van der Waals surface area (Å²) in [5.41, 5.74) is 16.5. The second kappa shape index (κ2) is 26.6. The highest BCUT2D eigenvalue weighted by Crippen LogP contribution is 2.28. The van der Waals surface area contributed by atoms with Gasteiger partial charge in [-0.15, -0.1) is 4.21 Å². The second-order valence-electron chi connectivity index (χ2n) is 17.4. The van der Waals surface area contributed by atoms with E-state index in [1.165, 1.54) is 29.2 Å². The summed E-state index contributed by atoms with van der Waals surface area (Å²) < 4.78 is 13.5. The Morgan fingerprint density at radius 3 is 1.97 bits per heavy atom. The molecule has 3 rings (SSSR count). The molecule has 0 spiro atoms. The van der Waals surface area contributed by atoms with E-state index >= 15 is 0 Å². The number of aromatic hydroxyl groups is 1. The molecule has 1 aliphatic heterocycles. The van der Waals surface area contributed by atoms with Crippen LogP contribution in [0.4, 0.5) is 0 Å². The molecule has 376 valence electrons. The van der Waals surface area contributed by atoms with E-state index in [4.69, 9.17) is 17.2 Å². The second-order valence-corrected chi connectivity index (χ2v) is 19.2. The number of thiol groups is 1. The Morgan fingerprint density at radius 2 is 1.40 bits per heavy atom. The zero-order valence-corrected chi connectivity index (χ0v) is 39.6. The maximum atomic E-state index is 14.4. The van der Waals surface area contributed by atoms with Gasteiger partial charge in [0.1, 0.15) is 53.5 Å². The molecule has 1 heterocycles. The molecule has 8 unspecified atom stereocenters. The number of nitrogens with two attached hydrogens (primary N) is 3. The number of phenolic OH excluding ortho intramolecular Hbond substituents is 1. The highest BCUT2D eigenvalue weighted by Gasteiger charge is 2.40. The van der Waals surface area contributed by atoms with Crippen LogP contribution in [0.1, 0.15) is 84.6 Å². The molecule has 68 heavy (non-hydrogen) atoms. The van der Waals surface area contributed by atoms with E-state index in [-0.39, 0.29) is 36.5 Å². The van der Waals surface area contributed by atoms with Crippen LogP contribution >= 0.6 is 0 Å². The minimum Gasteiger partial charge on any atom is -0.508 e. The molecule has 14 N–H and O–H groups in total. The normalized spacial score (nSPS) is 23.2. The van der Waals surface area contributed by atoms with Crippen LogP contribution in [-0.2, 0) is 74.2 Å². The van der Waals surface area contributed by atoms with Gasteiger partial charge in [-0.2, -0.15) is 0 Å². The third kappa shape index (κ3) is 18.6. The molecule has 1 aromatic carbocycles. The highest BCUT2D eigenvalue weighted by atomic mass is 32.2. The molecule has 2 fully saturated rings. The van der Waals surface area contributed by atoms with Crippen molar-refractivity contribution in [3.05, 3.63) is 29.8 Å². The first-order valence-electron chi connectivity index (χ1n) is 22.4. The Bertz CT molecular complexity index is 2070. The van der Waals surface area contributed by atoms with Crippen molar-refractivity contribution in [3.63, 3.8) is 0 Å². The quantitative estimate of drug-likeness (QED) is 0.0492. The minimum atomic E-state index is -2.29. The molecule has 0 bridgehead atoms. The van der Waals surface area contributed by atoms with Crippen molar-refractivity contribution in [3.8, 4) is 5.75 Å². The highest BCUT2D eigenvalue weighted by molar-refractivity contribution is 7.84. The number of carbonyl (C=O) groups is 11. The number of benzene rings is 1. The summed E-state index contributed by atoms with van der Waals surface area (Å²) in [5, 5.41) is 27.4. The number of nitrogens with one attached hydrogen (secondary N) is 7. The van der Waals surface area contributed by atoms with Crippen LogP contribution in [0.15, 0.2) is 24.3 Å². The Hall–Kier alpha value is -6.66. The van der Waals surface area contributed by atoms with Gasteiger partial charge in [0, 0.05) is 25.3 Å². The molecule has 25 heteroatoms. The smallest absolute Gasteiger partial charge is 0.246 e. The van der Waals surface area contributed by atoms with Gasteiger partial charge in [0.05, 0.1) is 36.7 Å². The minimum absolute atomic E-state index is 0.0544. The lowest BCUT2D eigenvalue weighted by Gasteiger charge is -2.30. The molecule has 1 saturated carbocycles. The maximum absolute atomic E-state index is 14.4. The van der Waals surface area contributed by atoms with Crippen LogP contribution in [0.2, 0.25) is 0 Å². The average Bonchev–Trinajstić information content (AvgIpc) is 4.12. The van der Waals surface area contributed by atoms with Gasteiger partial charge >= 0.3 is 0 Å². The molecule has 2 aliphatic rings. The molecule has 1 aromatic rings. The van der Waals surface area contributed by atoms with Crippen molar-refractivity contribution in [1.82, 2.24) is 42.1 Å². The molecule has 8 atom stereocenters. The van der Waals surface area contributed by atoms with Crippen LogP contribution in [0, 0.1) is 11.8 Å². The number of nitrogens with zero attached hydrogens (tertiary/aromatic N) is 1. The van der Waals surface area contributed by atoms with Crippen molar-refractivity contribution in [2.45, 2.75) is 128 Å². The average molecular weight is 977 g/mol. The van der Waals surface area contributed by atoms with Crippen LogP contribution in [0.3, 0.4) is 0 Å². The van der Waals surface area contributed by atoms with Gasteiger partial charge in [0.25, 0.3) is 0 Å². The van der Waals surface area contributed by atoms with Crippen molar-refractivity contribution >= 4 is 75.8 Å². The fraction of sp³-hybridized carbons (Fsp3) is 0.605. The molecule has 0 radical (unpaired) electrons. The van der Waals surface area contributed by atoms with Gasteiger partial charge in [-0.3, -0.25) is 52.7 Å². The van der Waals surface area contributed by atoms with Gasteiger partial charge in [-0.1, -0.05) is 46.2 Å². The van der Waals surface area contributed by atoms with Crippen molar-refractivity contribution < 1.29 is 62.1 Å². The number of phenols is 1. The number of hydrogen-bond donors (Lipinski definition) is 11. The van der Waals surface area contributed by atoms with Crippen molar-refractivity contribution in [1.29, 1.82) is 0 Å². The fourth-order valence-electron chi connectivity index (χ4n) is 7.11. The van der Waals surface area contributed by atoms with Crippen LogP contribution in [0.5, 0.6) is 5.75 Å². The van der Waals surface area contributed by atoms with Crippen molar-refractivity contribution in [2.24, 2.45) is 29.0 Å². The summed E-state index contributed by atoms with van der Waals surface area (Å²) in [6, 6.07) is -3.41. The predicted molar refractivity (Wildman–Crippen MR) is 245 cm³/mol. The predicted octanol–water partition coefficient (Wildman–Crippen LogP) is -4.23. The summed E-state index contributed by atoms with van der Waals surface area (Å²) in [6.45, 7) is 5.55. The summed E-state index contributed by atoms with van der Waals surface area (Å²) >= 11 is 0. The summed E-state index contributed by atoms with van der Waals surface area (Å²) in [7, 11) is -2.29. The molecular weight excluding hydrogens is 911 g/mol. The van der Waals surface area contributed by atoms with E-state index in [2.05, 4.69) is 37.2 Å². The lowest BCUT2D eigenvalue weighted by molar-refractivity contribution is -0.141. The van der Waals surface area contributed by atoms with Gasteiger partial charge in [0.2, 0.25) is 65.0 Å². The number of primary amides is 3. The van der Waals surface area contributed by atoms with E-state index in [9.17, 15) is 62.1 Å². The molecule has 11 amide bonds. The molecule has 1 aliphatic carbocycles. The maximum Gasteiger partial charge on any atom is 0.246 e. The summed E-state index contributed by atoms with van der Waals surface area (Å²) in [5.74, 6) is -11.3. The first kappa shape index (κ1) is 55.7. The monoisotopic (exact) mass is 976 g/mol. The Balaban J connectivity index is 2.05. The third-order valence-corrected chi connectivity index (χ3v) is 12.8. The Morgan fingerprint density at radius 1 is 0.779 bits per heavy atom. The van der Waals surface area contributed by atoms with E-state index in [1.54, 1.807) is 27.7 Å². The number of carbonyl (C=O) groups excluding carboxylic acids is 11. The number of amides is 11. The molecule has 1 saturated heterocycles. The first-order chi connectivity index (χ1) is 32.0. The lowest BCUT2D eigenvalue weighted by atomic mass is 9.96. The van der Waals surface area contributed by atoms with Crippen molar-refractivity contribution in [2.75, 3.05) is 24.6 Å². The Kier molecular flexibility index (Phi) is 21.8. The van der Waals surface area contributed by atoms with Gasteiger partial charge < -0.3 is 64.4 Å². The largest absolute Gasteiger partial charge is 0.508 e. The van der Waals surface area contributed by atoms with E-state index in [0.29, 0.717) is 24.8 Å². The zero-order chi connectivity index (χ0) is 50.8. The van der Waals surface area contributed by atoms with Gasteiger partial charge in [0.15, 0.2) is 0 Å². The van der Waals surface area contributed by atoms with E-state index in [0.717, 1.165) is 0 Å². The van der Waals surface area contributed by atoms with Gasteiger partial charge in [-0.05, 0) is 48.8 Å². The first-order valence-corrected chi connectivity index (χ1v) is 24.1. The number of rotatable bonds is 18. The lowest BCUT2D eigenvalue weighted by Crippen LogP contribution is -2.61. The van der Waals surface area contributed by atoms with Crippen LogP contribution in [0.25, 0.3) is 0 Å². The number of hydrogen-bond acceptors (Lipinski definition) is 13. The molecular formula is C43H66N11O13S+. The fourth-order valence-corrected chi connectivity index (χ4v) is 8.33. The zero-order valence-electron chi connectivity index (χ0n) is 38.7. The SMILES string of the molecule is CCC(C)C1NC(=O)C(Cc2ccc(O)cc2)NC(=O)CC[SH+](=O)CCC(C(=O)N(CC(=O)NC(C(=O)NCC(N)=O)C(C)C)C2CC2)NC(=O)C(CC(N)=O)NC(=O)C(CCC(N)=O)NC1=O. The third-order valence-electron chi connectivity index (χ3n) is 11.3. The van der Waals surface area contributed by atoms with E-state index in [1.807, 2.05) is 0 Å². The van der Waals surface area contributed by atoms with Crippen LogP contribution < -0.4 is 54.4 Å². The molecule has 24 nitrogen and oxygen atoms in total. The molecule has 0 aromatic heterocycles. The van der Waals surface area contributed by atoms with E-state index < -0.39 is 162 Å². The Labute approximate surface area is 395 Å². The standard InChI is InChI=1S/C43H65N11O13S/c1-5-23(4)37-42(65)49-27(12-13-31(44)56)38(61)51-30(19-32(45)57)39(62)50-28(43(66)54(25-8-9-25)21-35(60)52-36(22(2)3)41(64)47-20-33(46)58)14-16-68(67)17-15-34(59)48-29(40(63)53-37)18-24-6-10-26(55)11-7-24/h6-7,10-11,22-23,25,27-30,36-37,55H,5,8-9,12-21H2,1-4H3,(H2,44,56)(H2,45,57)(H2,46,58)(H,47,64)(H,48,59)(H,49,65)(H,50,62)(H,51,61)(H,52,60)(H,53,63)/p+1. The van der Waals surface area contributed by atoms with Gasteiger partial charge in [-0.25, -0.2) is 0 Å². The van der Waals surface area contributed by atoms with Crippen LogP contribution in [-0.4, -0.2) is 142 Å².